The minimum atomic E-state index is -1.44. The summed E-state index contributed by atoms with van der Waals surface area (Å²) in [6.45, 7) is 3.78. The van der Waals surface area contributed by atoms with Crippen molar-refractivity contribution in [3.05, 3.63) is 35.3 Å². The van der Waals surface area contributed by atoms with Gasteiger partial charge >= 0.3 is 0 Å². The molecule has 21 heavy (non-hydrogen) atoms. The molecule has 0 aliphatic carbocycles. The number of halogens is 3. The molecule has 0 saturated carbocycles. The van der Waals surface area contributed by atoms with E-state index < -0.39 is 23.1 Å². The average molecular weight is 298 g/mol. The van der Waals surface area contributed by atoms with Crippen molar-refractivity contribution in [3.8, 4) is 0 Å². The maximum atomic E-state index is 13.9. The number of β-amino-alcohol motifs (C(OH)–C–C–N with tert-alkyl or cyclic N) is 1. The number of hydrogen-bond donors (Lipinski definition) is 2. The predicted octanol–water partition coefficient (Wildman–Crippen LogP) is 2.58. The Balaban J connectivity index is 1.81. The second-order valence-corrected chi connectivity index (χ2v) is 6.00. The van der Waals surface area contributed by atoms with Crippen LogP contribution in [-0.4, -0.2) is 40.2 Å². The molecule has 0 amide bonds. The van der Waals surface area contributed by atoms with E-state index >= 15 is 0 Å². The summed E-state index contributed by atoms with van der Waals surface area (Å²) < 4.78 is 40.4. The third kappa shape index (κ3) is 2.65. The van der Waals surface area contributed by atoms with Crippen LogP contribution in [0.2, 0.25) is 0 Å². The molecule has 1 aliphatic heterocycles. The Morgan fingerprint density at radius 2 is 2.10 bits per heavy atom. The Labute approximate surface area is 120 Å². The highest BCUT2D eigenvalue weighted by Gasteiger charge is 2.31. The number of hydrogen-bond acceptors (Lipinski definition) is 2. The van der Waals surface area contributed by atoms with Gasteiger partial charge in [-0.05, 0) is 25.3 Å². The summed E-state index contributed by atoms with van der Waals surface area (Å²) in [5, 5.41) is 10.0. The summed E-state index contributed by atoms with van der Waals surface area (Å²) in [4.78, 5) is 4.85. The lowest BCUT2D eigenvalue weighted by Crippen LogP contribution is -2.30. The van der Waals surface area contributed by atoms with Crippen molar-refractivity contribution in [1.82, 2.24) is 9.88 Å². The van der Waals surface area contributed by atoms with Crippen LogP contribution < -0.4 is 0 Å². The van der Waals surface area contributed by atoms with Crippen LogP contribution in [0.4, 0.5) is 13.2 Å². The number of nitrogens with one attached hydrogen (secondary N) is 1. The van der Waals surface area contributed by atoms with Gasteiger partial charge < -0.3 is 15.0 Å². The molecule has 0 bridgehead atoms. The minimum absolute atomic E-state index is 0.111. The zero-order valence-electron chi connectivity index (χ0n) is 11.7. The fraction of sp³-hybridized carbons (Fsp3) is 0.467. The number of H-pyrrole nitrogens is 1. The summed E-state index contributed by atoms with van der Waals surface area (Å²) in [6.07, 6.45) is 2.80. The van der Waals surface area contributed by atoms with Gasteiger partial charge in [-0.15, -0.1) is 0 Å². The van der Waals surface area contributed by atoms with Gasteiger partial charge in [0.1, 0.15) is 0 Å². The molecule has 1 saturated heterocycles. The van der Waals surface area contributed by atoms with Gasteiger partial charge in [-0.25, -0.2) is 13.2 Å². The Morgan fingerprint density at radius 1 is 1.33 bits per heavy atom. The Morgan fingerprint density at radius 3 is 2.76 bits per heavy atom. The molecule has 0 spiro atoms. The van der Waals surface area contributed by atoms with Crippen LogP contribution in [0.15, 0.2) is 12.3 Å². The third-order valence-electron chi connectivity index (χ3n) is 4.11. The van der Waals surface area contributed by atoms with Crippen LogP contribution in [-0.2, 0) is 6.42 Å². The first-order valence-corrected chi connectivity index (χ1v) is 6.95. The van der Waals surface area contributed by atoms with Gasteiger partial charge in [-0.3, -0.25) is 0 Å². The Bertz CT molecular complexity index is 681. The number of aliphatic hydroxyl groups is 1. The quantitative estimate of drug-likeness (QED) is 0.855. The van der Waals surface area contributed by atoms with Crippen molar-refractivity contribution in [2.24, 2.45) is 0 Å². The highest BCUT2D eigenvalue weighted by molar-refractivity contribution is 5.84. The number of aromatic nitrogens is 1. The molecule has 1 aromatic carbocycles. The molecule has 1 fully saturated rings. The molecular weight excluding hydrogens is 281 g/mol. The number of nitrogens with zero attached hydrogens (tertiary/aromatic N) is 1. The van der Waals surface area contributed by atoms with Crippen molar-refractivity contribution in [1.29, 1.82) is 0 Å². The lowest BCUT2D eigenvalue weighted by atomic mass is 10.1. The van der Waals surface area contributed by atoms with Crippen molar-refractivity contribution in [2.75, 3.05) is 19.6 Å². The lowest BCUT2D eigenvalue weighted by Gasteiger charge is -2.18. The van der Waals surface area contributed by atoms with Crippen LogP contribution in [0.5, 0.6) is 0 Å². The molecule has 1 unspecified atom stereocenters. The number of fused-ring (bicyclic) bond motifs is 1. The molecule has 1 aromatic heterocycles. The van der Waals surface area contributed by atoms with Gasteiger partial charge in [0.25, 0.3) is 0 Å². The lowest BCUT2D eigenvalue weighted by molar-refractivity contribution is 0.0690. The van der Waals surface area contributed by atoms with Gasteiger partial charge in [0.15, 0.2) is 17.5 Å². The van der Waals surface area contributed by atoms with Crippen LogP contribution in [0, 0.1) is 17.5 Å². The molecule has 3 nitrogen and oxygen atoms in total. The van der Waals surface area contributed by atoms with Crippen LogP contribution in [0.25, 0.3) is 10.9 Å². The van der Waals surface area contributed by atoms with Gasteiger partial charge in [-0.1, -0.05) is 0 Å². The van der Waals surface area contributed by atoms with E-state index in [1.165, 1.54) is 0 Å². The van der Waals surface area contributed by atoms with E-state index in [1.54, 1.807) is 13.1 Å². The standard InChI is InChI=1S/C15H17F3N2O/c1-15(21)3-5-20(8-15)4-2-9-7-19-11-6-10(16)13(17)14(18)12(9)11/h6-7,19,21H,2-5,8H2,1H3. The van der Waals surface area contributed by atoms with E-state index in [-0.39, 0.29) is 10.9 Å². The summed E-state index contributed by atoms with van der Waals surface area (Å²) >= 11 is 0. The fourth-order valence-corrected chi connectivity index (χ4v) is 2.97. The molecule has 6 heteroatoms. The maximum absolute atomic E-state index is 13.9. The summed E-state index contributed by atoms with van der Waals surface area (Å²) in [7, 11) is 0. The smallest absolute Gasteiger partial charge is 0.195 e. The van der Waals surface area contributed by atoms with E-state index in [9.17, 15) is 18.3 Å². The molecule has 2 heterocycles. The van der Waals surface area contributed by atoms with Crippen LogP contribution in [0.3, 0.4) is 0 Å². The minimum Gasteiger partial charge on any atom is -0.389 e. The van der Waals surface area contributed by atoms with Gasteiger partial charge in [0, 0.05) is 37.3 Å². The summed E-state index contributed by atoms with van der Waals surface area (Å²) in [6, 6.07) is 0.970. The molecule has 1 aliphatic rings. The van der Waals surface area contributed by atoms with Crippen molar-refractivity contribution in [2.45, 2.75) is 25.4 Å². The number of aromatic amines is 1. The number of likely N-dealkylation sites (tertiary alicyclic amines) is 1. The van der Waals surface area contributed by atoms with Crippen molar-refractivity contribution < 1.29 is 18.3 Å². The maximum Gasteiger partial charge on any atom is 0.195 e. The molecular formula is C15H17F3N2O. The largest absolute Gasteiger partial charge is 0.389 e. The van der Waals surface area contributed by atoms with E-state index in [2.05, 4.69) is 9.88 Å². The second-order valence-electron chi connectivity index (χ2n) is 6.00. The van der Waals surface area contributed by atoms with E-state index in [4.69, 9.17) is 0 Å². The zero-order chi connectivity index (χ0) is 15.2. The highest BCUT2D eigenvalue weighted by atomic mass is 19.2. The molecule has 0 radical (unpaired) electrons. The number of benzene rings is 1. The van der Waals surface area contributed by atoms with Crippen molar-refractivity contribution >= 4 is 10.9 Å². The summed E-state index contributed by atoms with van der Waals surface area (Å²) in [5.74, 6) is -3.77. The molecule has 1 atom stereocenters. The van der Waals surface area contributed by atoms with Gasteiger partial charge in [0.05, 0.1) is 11.1 Å². The fourth-order valence-electron chi connectivity index (χ4n) is 2.97. The first kappa shape index (κ1) is 14.4. The Kier molecular flexibility index (Phi) is 3.45. The van der Waals surface area contributed by atoms with Crippen molar-refractivity contribution in [3.63, 3.8) is 0 Å². The first-order valence-electron chi connectivity index (χ1n) is 6.95. The Hall–Kier alpha value is -1.53. The first-order chi connectivity index (χ1) is 9.87. The van der Waals surface area contributed by atoms with E-state index in [1.807, 2.05) is 0 Å². The topological polar surface area (TPSA) is 39.3 Å². The normalized spacial score (nSPS) is 23.3. The van der Waals surface area contributed by atoms with E-state index in [0.717, 1.165) is 12.6 Å². The van der Waals surface area contributed by atoms with Crippen LogP contribution in [0.1, 0.15) is 18.9 Å². The molecule has 2 aromatic rings. The summed E-state index contributed by atoms with van der Waals surface area (Å²) in [5.41, 5.74) is 0.198. The van der Waals surface area contributed by atoms with Crippen LogP contribution >= 0.6 is 0 Å². The monoisotopic (exact) mass is 298 g/mol. The molecule has 3 rings (SSSR count). The average Bonchev–Trinajstić information content (AvgIpc) is 2.97. The zero-order valence-corrected chi connectivity index (χ0v) is 11.7. The third-order valence-corrected chi connectivity index (χ3v) is 4.11. The second kappa shape index (κ2) is 5.03. The highest BCUT2D eigenvalue weighted by Crippen LogP contribution is 2.27. The molecule has 114 valence electrons. The SMILES string of the molecule is CC1(O)CCN(CCc2c[nH]c3cc(F)c(F)c(F)c23)C1. The predicted molar refractivity (Wildman–Crippen MR) is 73.6 cm³/mol. The van der Waals surface area contributed by atoms with Gasteiger partial charge in [0.2, 0.25) is 0 Å². The van der Waals surface area contributed by atoms with Gasteiger partial charge in [-0.2, -0.15) is 0 Å². The van der Waals surface area contributed by atoms with E-state index in [0.29, 0.717) is 31.5 Å². The molecule has 2 N–H and O–H groups in total. The number of rotatable bonds is 3.